The van der Waals surface area contributed by atoms with Gasteiger partial charge in [0.15, 0.2) is 17.5 Å². The first-order valence-corrected chi connectivity index (χ1v) is 40.1. The van der Waals surface area contributed by atoms with Crippen LogP contribution in [0.4, 0.5) is 0 Å². The minimum absolute atomic E-state index is 0.0572. The van der Waals surface area contributed by atoms with E-state index in [1.165, 1.54) is 49.7 Å². The molecule has 13 nitrogen and oxygen atoms in total. The summed E-state index contributed by atoms with van der Waals surface area (Å²) in [6.07, 6.45) is 36.4. The number of allylic oxidation sites excluding steroid dienone is 3. The zero-order valence-corrected chi connectivity index (χ0v) is 57.5. The van der Waals surface area contributed by atoms with E-state index in [9.17, 15) is 10.2 Å². The summed E-state index contributed by atoms with van der Waals surface area (Å²) in [5.41, 5.74) is -4.87. The Bertz CT molecular complexity index is 3970. The van der Waals surface area contributed by atoms with E-state index in [1.807, 2.05) is 6.26 Å². The van der Waals surface area contributed by atoms with E-state index in [4.69, 9.17) is 23.4 Å². The average molecular weight is 1330 g/mol. The molecule has 0 radical (unpaired) electrons. The van der Waals surface area contributed by atoms with Gasteiger partial charge in [0.2, 0.25) is 0 Å². The molecule has 5 saturated heterocycles. The SMILES string of the molecule is C[C@]12C[C@H]3C[C@@]45CC6(CCCC6)C[C@H]4CC4=C[C@@H]6[C@]7(CC[C@@H]8C=CC[C@@H]9[C@@H]%10CCC[C@@H]%10CC[C@]968)O[C@]46[C@H]5C(=O)OC[C@@]64[C@@H]7C(=O)[C@@H](O)[C@]5([C@@H]6C[C@@H](Cc7ccccc7)CC[C@H]6C#C[C@@H]6CCc7coc(C[C@@H]([C@H]8CC[C@H]9[C@H](C=CN%10CNC[C@H]9%10)C8)[C@H](O)CO)c7[C@@]61OC(=O)[C@H]1O[C@@]152)[C@H]34. The van der Waals surface area contributed by atoms with Crippen molar-refractivity contribution in [2.45, 2.75) is 227 Å². The lowest BCUT2D eigenvalue weighted by molar-refractivity contribution is -0.320. The monoisotopic (exact) mass is 1330 g/mol. The van der Waals surface area contributed by atoms with Gasteiger partial charge in [0, 0.05) is 47.2 Å². The van der Waals surface area contributed by atoms with E-state index in [-0.39, 0.29) is 83.1 Å². The van der Waals surface area contributed by atoms with Crippen LogP contribution in [-0.2, 0) is 58.2 Å². The van der Waals surface area contributed by atoms with E-state index in [1.54, 1.807) is 0 Å². The molecule has 9 spiro atoms. The number of aliphatic hydroxyl groups is 3. The van der Waals surface area contributed by atoms with Gasteiger partial charge in [0.1, 0.15) is 29.7 Å². The number of hydrogen-bond donors (Lipinski definition) is 4. The molecule has 7 aliphatic heterocycles. The molecule has 2 aromatic rings. The van der Waals surface area contributed by atoms with Gasteiger partial charge in [-0.2, -0.15) is 0 Å². The van der Waals surface area contributed by atoms with Crippen molar-refractivity contribution in [3.05, 3.63) is 95.1 Å². The minimum Gasteiger partial charge on any atom is -0.469 e. The fraction of sp³-hybridized carbons (Fsp3) is 0.753. The van der Waals surface area contributed by atoms with Gasteiger partial charge in [-0.3, -0.25) is 14.9 Å². The second kappa shape index (κ2) is 19.6. The Kier molecular flexibility index (Phi) is 12.0. The summed E-state index contributed by atoms with van der Waals surface area (Å²) in [5, 5.41) is 42.9. The number of furan rings is 1. The van der Waals surface area contributed by atoms with Crippen molar-refractivity contribution >= 4 is 17.7 Å². The van der Waals surface area contributed by atoms with Gasteiger partial charge in [0.05, 0.1) is 54.4 Å². The number of nitrogens with one attached hydrogen (secondary N) is 1. The van der Waals surface area contributed by atoms with Crippen LogP contribution in [0.2, 0.25) is 0 Å². The molecule has 11 saturated carbocycles. The Hall–Kier alpha value is -4.55. The summed E-state index contributed by atoms with van der Waals surface area (Å²) in [4.78, 5) is 54.3. The first kappa shape index (κ1) is 59.9. The molecule has 0 unspecified atom stereocenters. The number of ketones is 1. The predicted molar refractivity (Wildman–Crippen MR) is 360 cm³/mol. The Morgan fingerprint density at radius 1 is 0.847 bits per heavy atom. The Morgan fingerprint density at radius 2 is 1.73 bits per heavy atom. The number of hydrogen-bond acceptors (Lipinski definition) is 13. The predicted octanol–water partition coefficient (Wildman–Crippen LogP) is 11.7. The van der Waals surface area contributed by atoms with Gasteiger partial charge >= 0.3 is 11.9 Å². The highest BCUT2D eigenvalue weighted by Crippen LogP contribution is 2.93. The number of cyclic esters (lactones) is 1. The second-order valence-electron chi connectivity index (χ2n) is 38.3. The number of aryl methyl sites for hydroxylation is 1. The standard InChI is InChI=1S/C85H102N2O11/c1-76-37-53-38-78-43-77(26-5-6-27-77)39-57(78)34-56-35-66-79-28-23-48-11-7-13-58(48)61(79)14-8-12-54(79)24-29-81(66)70-68(90)72(91)82(69(53)80(70)44-95-74(92)71(78)84(56,80)98-81)62-32-47(31-46-9-3-2-4-10-46)15-16-49(62)17-20-55-21-18-52-42-94-65(67(52)83(55,76)97-75(93)73-85(76,82)96-73)36-60(64(89)41-88)50-19-22-59-51(33-50)25-30-87-45-86-40-63(59)87/h2-4,8-10,12,25,30,35,42,47-51,53-55,57-64,66,69-73,86,88-89,91H,5-7,11,13-16,18-19,21-24,26-29,31-34,36-41,43-45H2,1H3/t47-,48-,49+,50+,51-,53+,54+,55-,57-,58-,59+,60+,61-,62-,63-,64-,66+,69-,70+,71+,72-,73-,76+,78-,79+,80-,81+,82+,83+,84+,85-/m1/s1. The lowest BCUT2D eigenvalue weighted by atomic mass is 9.28. The summed E-state index contributed by atoms with van der Waals surface area (Å²) in [5.74, 6) is 8.19. The van der Waals surface area contributed by atoms with Crippen molar-refractivity contribution in [2.24, 2.45) is 139 Å². The summed E-state index contributed by atoms with van der Waals surface area (Å²) in [6.45, 7) is 3.91. The Morgan fingerprint density at radius 3 is 2.61 bits per heavy atom. The van der Waals surface area contributed by atoms with Gasteiger partial charge in [0.25, 0.3) is 0 Å². The number of esters is 2. The smallest absolute Gasteiger partial charge is 0.339 e. The third-order valence-corrected chi connectivity index (χ3v) is 36.1. The molecule has 8 heterocycles. The summed E-state index contributed by atoms with van der Waals surface area (Å²) in [7, 11) is 0. The Balaban J connectivity index is 0.769. The van der Waals surface area contributed by atoms with Crippen LogP contribution >= 0.6 is 0 Å². The molecule has 14 aliphatic carbocycles. The van der Waals surface area contributed by atoms with E-state index in [0.717, 1.165) is 127 Å². The molecule has 98 heavy (non-hydrogen) atoms. The van der Waals surface area contributed by atoms with E-state index in [2.05, 4.69) is 89.8 Å². The molecule has 23 rings (SSSR count). The topological polar surface area (TPSA) is 181 Å². The molecule has 9 bridgehead atoms. The molecule has 4 N–H and O–H groups in total. The third kappa shape index (κ3) is 6.57. The highest BCUT2D eigenvalue weighted by molar-refractivity contribution is 5.94. The van der Waals surface area contributed by atoms with Crippen molar-refractivity contribution in [2.75, 3.05) is 26.4 Å². The maximum absolute atomic E-state index is 18.5. The minimum atomic E-state index is -1.56. The number of carbonyl (C=O) groups is 3. The number of Topliss-reactive ketones (excluding diaryl/α,β-unsaturated/α-hetero) is 1. The fourth-order valence-corrected chi connectivity index (χ4v) is 33.9. The molecule has 21 aliphatic rings. The number of fused-ring (bicyclic) bond motifs is 7. The highest BCUT2D eigenvalue weighted by Gasteiger charge is 3.01. The van der Waals surface area contributed by atoms with E-state index < -0.39 is 92.0 Å². The highest BCUT2D eigenvalue weighted by atomic mass is 16.7. The van der Waals surface area contributed by atoms with Crippen LogP contribution < -0.4 is 5.32 Å². The van der Waals surface area contributed by atoms with Crippen LogP contribution in [0.3, 0.4) is 0 Å². The summed E-state index contributed by atoms with van der Waals surface area (Å²) < 4.78 is 39.5. The van der Waals surface area contributed by atoms with Gasteiger partial charge in [-0.15, -0.1) is 0 Å². The first-order valence-electron chi connectivity index (χ1n) is 40.1. The third-order valence-electron chi connectivity index (χ3n) is 36.1. The molecule has 16 fully saturated rings. The molecular weight excluding hydrogens is 1220 g/mol. The molecule has 31 atom stereocenters. The molecule has 1 aromatic carbocycles. The lowest BCUT2D eigenvalue weighted by Gasteiger charge is -2.74. The van der Waals surface area contributed by atoms with Crippen molar-refractivity contribution < 1.29 is 53.1 Å². The van der Waals surface area contributed by atoms with Crippen LogP contribution in [0.1, 0.15) is 183 Å². The van der Waals surface area contributed by atoms with Crippen molar-refractivity contribution in [1.82, 2.24) is 10.2 Å². The van der Waals surface area contributed by atoms with E-state index in [0.29, 0.717) is 79.9 Å². The lowest BCUT2D eigenvalue weighted by Crippen LogP contribution is -2.84. The number of ether oxygens (including phenoxy) is 4. The van der Waals surface area contributed by atoms with Crippen LogP contribution in [0, 0.1) is 151 Å². The number of benzene rings is 1. The average Bonchev–Trinajstić information content (AvgIpc) is 1.40. The molecule has 0 amide bonds. The molecule has 518 valence electrons. The van der Waals surface area contributed by atoms with Crippen LogP contribution in [-0.4, -0.2) is 106 Å². The molecular formula is C85H102N2O11. The largest absolute Gasteiger partial charge is 0.469 e. The number of nitrogens with zero attached hydrogens (tertiary/aromatic N) is 1. The van der Waals surface area contributed by atoms with Crippen LogP contribution in [0.15, 0.2) is 77.1 Å². The van der Waals surface area contributed by atoms with Gasteiger partial charge in [-0.1, -0.05) is 99.1 Å². The number of aliphatic hydroxyl groups excluding tert-OH is 3. The molecule has 1 aromatic heterocycles. The second-order valence-corrected chi connectivity index (χ2v) is 38.3. The van der Waals surface area contributed by atoms with Gasteiger partial charge < -0.3 is 43.6 Å². The summed E-state index contributed by atoms with van der Waals surface area (Å²) >= 11 is 0. The van der Waals surface area contributed by atoms with Crippen LogP contribution in [0.5, 0.6) is 0 Å². The maximum Gasteiger partial charge on any atom is 0.339 e. The first-order chi connectivity index (χ1) is 47.7. The quantitative estimate of drug-likeness (QED) is 0.0891. The zero-order chi connectivity index (χ0) is 65.3. The van der Waals surface area contributed by atoms with E-state index >= 15 is 19.5 Å². The number of carbonyl (C=O) groups excluding carboxylic acids is 3. The summed E-state index contributed by atoms with van der Waals surface area (Å²) in [6, 6.07) is 11.4. The van der Waals surface area contributed by atoms with Crippen molar-refractivity contribution in [3.63, 3.8) is 0 Å². The molecule has 13 heteroatoms. The van der Waals surface area contributed by atoms with Crippen LogP contribution in [0.25, 0.3) is 0 Å². The fourth-order valence-electron chi connectivity index (χ4n) is 33.9. The number of epoxide rings is 1. The van der Waals surface area contributed by atoms with Gasteiger partial charge in [-0.25, -0.2) is 4.79 Å². The zero-order valence-electron chi connectivity index (χ0n) is 57.5. The van der Waals surface area contributed by atoms with Gasteiger partial charge in [-0.05, 0) is 257 Å². The normalized spacial score (nSPS) is 54.3. The maximum atomic E-state index is 18.5. The van der Waals surface area contributed by atoms with Crippen molar-refractivity contribution in [1.29, 1.82) is 0 Å². The Labute approximate surface area is 577 Å². The van der Waals surface area contributed by atoms with Crippen molar-refractivity contribution in [3.8, 4) is 11.8 Å². The number of rotatable bonds is 7.